The van der Waals surface area contributed by atoms with Gasteiger partial charge in [0.1, 0.15) is 12.1 Å². The number of nitrogens with zero attached hydrogens (tertiary/aromatic N) is 2. The van der Waals surface area contributed by atoms with Crippen LogP contribution in [0.5, 0.6) is 5.88 Å². The van der Waals surface area contributed by atoms with E-state index in [9.17, 15) is 0 Å². The van der Waals surface area contributed by atoms with Gasteiger partial charge in [0.15, 0.2) is 0 Å². The van der Waals surface area contributed by atoms with Crippen molar-refractivity contribution in [2.24, 2.45) is 0 Å². The molecule has 108 valence electrons. The molecule has 0 atom stereocenters. The summed E-state index contributed by atoms with van der Waals surface area (Å²) in [5.74, 6) is 0.720. The third kappa shape index (κ3) is 2.77. The summed E-state index contributed by atoms with van der Waals surface area (Å²) in [6.07, 6.45) is 8.10. The highest BCUT2D eigenvalue weighted by Crippen LogP contribution is 2.27. The number of hydrogen-bond donors (Lipinski definition) is 0. The largest absolute Gasteiger partial charge is 0.471 e. The van der Waals surface area contributed by atoms with Crippen LogP contribution in [0.3, 0.4) is 0 Å². The van der Waals surface area contributed by atoms with Gasteiger partial charge < -0.3 is 9.14 Å². The van der Waals surface area contributed by atoms with Crippen LogP contribution in [0.25, 0.3) is 5.52 Å². The van der Waals surface area contributed by atoms with Gasteiger partial charge in [0.2, 0.25) is 5.88 Å². The SMILES string of the molecule is CCCc1c(C)cn2ccnc(OCc3ccccc3)c12. The molecule has 0 aliphatic carbocycles. The number of fused-ring (bicyclic) bond motifs is 1. The van der Waals surface area contributed by atoms with E-state index in [-0.39, 0.29) is 0 Å². The van der Waals surface area contributed by atoms with Crippen LogP contribution in [0.2, 0.25) is 0 Å². The van der Waals surface area contributed by atoms with Crippen molar-refractivity contribution in [3.05, 3.63) is 65.6 Å². The molecule has 0 fully saturated rings. The summed E-state index contributed by atoms with van der Waals surface area (Å²) in [6.45, 7) is 4.89. The monoisotopic (exact) mass is 280 g/mol. The maximum atomic E-state index is 5.97. The van der Waals surface area contributed by atoms with Gasteiger partial charge in [0, 0.05) is 18.6 Å². The first kappa shape index (κ1) is 13.7. The van der Waals surface area contributed by atoms with E-state index in [1.807, 2.05) is 24.4 Å². The maximum Gasteiger partial charge on any atom is 0.238 e. The van der Waals surface area contributed by atoms with Crippen molar-refractivity contribution in [3.8, 4) is 5.88 Å². The highest BCUT2D eigenvalue weighted by Gasteiger charge is 2.13. The summed E-state index contributed by atoms with van der Waals surface area (Å²) >= 11 is 0. The smallest absolute Gasteiger partial charge is 0.238 e. The Labute approximate surface area is 125 Å². The second-order valence-electron chi connectivity index (χ2n) is 5.30. The van der Waals surface area contributed by atoms with E-state index in [0.717, 1.165) is 29.8 Å². The van der Waals surface area contributed by atoms with Crippen molar-refractivity contribution in [2.45, 2.75) is 33.3 Å². The predicted octanol–water partition coefficient (Wildman–Crippen LogP) is 4.17. The quantitative estimate of drug-likeness (QED) is 0.701. The first-order valence-corrected chi connectivity index (χ1v) is 7.41. The fraction of sp³-hybridized carbons (Fsp3) is 0.278. The topological polar surface area (TPSA) is 26.5 Å². The van der Waals surface area contributed by atoms with E-state index in [0.29, 0.717) is 6.61 Å². The lowest BCUT2D eigenvalue weighted by Gasteiger charge is -2.09. The standard InChI is InChI=1S/C18H20N2O/c1-3-7-16-14(2)12-20-11-10-19-18(17(16)20)21-13-15-8-5-4-6-9-15/h4-6,8-12H,3,7,13H2,1-2H3. The molecule has 0 spiro atoms. The summed E-state index contributed by atoms with van der Waals surface area (Å²) in [6, 6.07) is 10.2. The van der Waals surface area contributed by atoms with E-state index in [1.165, 1.54) is 11.1 Å². The van der Waals surface area contributed by atoms with Crippen LogP contribution in [-0.4, -0.2) is 9.38 Å². The minimum Gasteiger partial charge on any atom is -0.471 e. The van der Waals surface area contributed by atoms with Crippen LogP contribution in [0.1, 0.15) is 30.0 Å². The molecule has 0 radical (unpaired) electrons. The van der Waals surface area contributed by atoms with Gasteiger partial charge in [-0.05, 0) is 30.0 Å². The Balaban J connectivity index is 1.94. The van der Waals surface area contributed by atoms with Gasteiger partial charge in [-0.1, -0.05) is 43.7 Å². The van der Waals surface area contributed by atoms with Crippen LogP contribution in [0, 0.1) is 6.92 Å². The Kier molecular flexibility index (Phi) is 3.91. The molecule has 0 aliphatic heterocycles. The normalized spacial score (nSPS) is 11.0. The number of aromatic nitrogens is 2. The summed E-state index contributed by atoms with van der Waals surface area (Å²) in [5.41, 5.74) is 4.90. The van der Waals surface area contributed by atoms with E-state index >= 15 is 0 Å². The van der Waals surface area contributed by atoms with Crippen molar-refractivity contribution in [3.63, 3.8) is 0 Å². The molecule has 3 heteroatoms. The molecule has 2 heterocycles. The molecular formula is C18H20N2O. The molecule has 0 saturated heterocycles. The van der Waals surface area contributed by atoms with E-state index in [4.69, 9.17) is 4.74 Å². The van der Waals surface area contributed by atoms with Crippen molar-refractivity contribution in [1.82, 2.24) is 9.38 Å². The minimum atomic E-state index is 0.545. The summed E-state index contributed by atoms with van der Waals surface area (Å²) in [5, 5.41) is 0. The van der Waals surface area contributed by atoms with E-state index < -0.39 is 0 Å². The Bertz CT molecular complexity index is 732. The predicted molar refractivity (Wildman–Crippen MR) is 84.7 cm³/mol. The molecule has 0 N–H and O–H groups in total. The second-order valence-corrected chi connectivity index (χ2v) is 5.30. The second kappa shape index (κ2) is 6.00. The average Bonchev–Trinajstić information content (AvgIpc) is 2.83. The molecule has 0 unspecified atom stereocenters. The van der Waals surface area contributed by atoms with E-state index in [2.05, 4.69) is 41.6 Å². The molecule has 2 aromatic heterocycles. The maximum absolute atomic E-state index is 5.97. The Morgan fingerprint density at radius 3 is 2.76 bits per heavy atom. The van der Waals surface area contributed by atoms with Crippen molar-refractivity contribution in [1.29, 1.82) is 0 Å². The van der Waals surface area contributed by atoms with Crippen LogP contribution < -0.4 is 4.74 Å². The van der Waals surface area contributed by atoms with Crippen molar-refractivity contribution in [2.75, 3.05) is 0 Å². The minimum absolute atomic E-state index is 0.545. The van der Waals surface area contributed by atoms with Gasteiger partial charge in [-0.2, -0.15) is 0 Å². The fourth-order valence-electron chi connectivity index (χ4n) is 2.68. The molecule has 3 aromatic rings. The number of ether oxygens (including phenoxy) is 1. The lowest BCUT2D eigenvalue weighted by molar-refractivity contribution is 0.296. The molecule has 3 rings (SSSR count). The fourth-order valence-corrected chi connectivity index (χ4v) is 2.68. The summed E-state index contributed by atoms with van der Waals surface area (Å²) in [4.78, 5) is 4.44. The lowest BCUT2D eigenvalue weighted by atomic mass is 10.1. The van der Waals surface area contributed by atoms with E-state index in [1.54, 1.807) is 6.20 Å². The van der Waals surface area contributed by atoms with Gasteiger partial charge in [-0.25, -0.2) is 4.98 Å². The molecule has 0 amide bonds. The first-order chi connectivity index (χ1) is 10.3. The molecule has 0 saturated carbocycles. The van der Waals surface area contributed by atoms with Crippen LogP contribution >= 0.6 is 0 Å². The number of hydrogen-bond acceptors (Lipinski definition) is 2. The third-order valence-electron chi connectivity index (χ3n) is 3.69. The molecule has 1 aromatic carbocycles. The van der Waals surface area contributed by atoms with Crippen molar-refractivity contribution < 1.29 is 4.74 Å². The number of benzene rings is 1. The van der Waals surface area contributed by atoms with Gasteiger partial charge in [0.25, 0.3) is 0 Å². The lowest BCUT2D eigenvalue weighted by Crippen LogP contribution is -2.00. The molecule has 0 aliphatic rings. The summed E-state index contributed by atoms with van der Waals surface area (Å²) < 4.78 is 8.09. The Morgan fingerprint density at radius 2 is 2.00 bits per heavy atom. The number of aryl methyl sites for hydroxylation is 2. The highest BCUT2D eigenvalue weighted by molar-refractivity contribution is 5.66. The zero-order chi connectivity index (χ0) is 14.7. The third-order valence-corrected chi connectivity index (χ3v) is 3.69. The van der Waals surface area contributed by atoms with Gasteiger partial charge in [-0.3, -0.25) is 0 Å². The average molecular weight is 280 g/mol. The molecular weight excluding hydrogens is 260 g/mol. The Hall–Kier alpha value is -2.29. The molecule has 3 nitrogen and oxygen atoms in total. The zero-order valence-corrected chi connectivity index (χ0v) is 12.5. The Morgan fingerprint density at radius 1 is 1.19 bits per heavy atom. The first-order valence-electron chi connectivity index (χ1n) is 7.41. The van der Waals surface area contributed by atoms with Crippen LogP contribution in [0.15, 0.2) is 48.9 Å². The van der Waals surface area contributed by atoms with Gasteiger partial charge >= 0.3 is 0 Å². The van der Waals surface area contributed by atoms with Crippen LogP contribution in [-0.2, 0) is 13.0 Å². The van der Waals surface area contributed by atoms with Gasteiger partial charge in [0.05, 0.1) is 0 Å². The van der Waals surface area contributed by atoms with Crippen molar-refractivity contribution >= 4 is 5.52 Å². The van der Waals surface area contributed by atoms with Gasteiger partial charge in [-0.15, -0.1) is 0 Å². The molecule has 0 bridgehead atoms. The number of rotatable bonds is 5. The van der Waals surface area contributed by atoms with Crippen LogP contribution in [0.4, 0.5) is 0 Å². The zero-order valence-electron chi connectivity index (χ0n) is 12.5. The highest BCUT2D eigenvalue weighted by atomic mass is 16.5. The molecule has 21 heavy (non-hydrogen) atoms. The summed E-state index contributed by atoms with van der Waals surface area (Å²) in [7, 11) is 0.